The average molecular weight is 329 g/mol. The summed E-state index contributed by atoms with van der Waals surface area (Å²) in [5.74, 6) is 0.778. The zero-order valence-corrected chi connectivity index (χ0v) is 16.1. The van der Waals surface area contributed by atoms with Gasteiger partial charge in [0.05, 0.1) is 15.9 Å². The quantitative estimate of drug-likeness (QED) is 0.860. The van der Waals surface area contributed by atoms with Gasteiger partial charge in [-0.05, 0) is 60.4 Å². The summed E-state index contributed by atoms with van der Waals surface area (Å²) < 4.78 is 5.60. The number of hydrogen-bond donors (Lipinski definition) is 1. The number of hydrogen-bond acceptors (Lipinski definition) is 2. The van der Waals surface area contributed by atoms with Crippen LogP contribution in [0, 0.1) is 5.92 Å². The van der Waals surface area contributed by atoms with Crippen LogP contribution in [0.15, 0.2) is 28.9 Å². The number of benzene rings is 1. The zero-order valence-electron chi connectivity index (χ0n) is 15.1. The first-order chi connectivity index (χ1) is 10.7. The Morgan fingerprint density at radius 3 is 2.17 bits per heavy atom. The van der Waals surface area contributed by atoms with E-state index in [2.05, 4.69) is 40.8 Å². The molecule has 0 bridgehead atoms. The molecule has 0 aliphatic heterocycles. The van der Waals surface area contributed by atoms with Crippen LogP contribution in [0.25, 0.3) is 5.57 Å². The van der Waals surface area contributed by atoms with Crippen molar-refractivity contribution in [1.29, 1.82) is 0 Å². The summed E-state index contributed by atoms with van der Waals surface area (Å²) in [4.78, 5) is 12.1. The molecule has 1 amide bonds. The van der Waals surface area contributed by atoms with Crippen LogP contribution in [0.5, 0.6) is 5.75 Å². The Morgan fingerprint density at radius 2 is 1.78 bits per heavy atom. The number of amides is 1. The van der Waals surface area contributed by atoms with Crippen LogP contribution >= 0.6 is 0 Å². The summed E-state index contributed by atoms with van der Waals surface area (Å²) >= 11 is 0. The van der Waals surface area contributed by atoms with Crippen LogP contribution < -0.4 is 15.7 Å². The predicted molar refractivity (Wildman–Crippen MR) is 98.8 cm³/mol. The van der Waals surface area contributed by atoms with E-state index >= 15 is 0 Å². The van der Waals surface area contributed by atoms with Gasteiger partial charge < -0.3 is 10.5 Å². The molecule has 0 saturated heterocycles. The van der Waals surface area contributed by atoms with Crippen molar-refractivity contribution >= 4 is 25.5 Å². The average Bonchev–Trinajstić information content (AvgIpc) is 2.69. The van der Waals surface area contributed by atoms with Crippen molar-refractivity contribution in [3.05, 3.63) is 40.0 Å². The lowest BCUT2D eigenvalue weighted by atomic mass is 9.88. The van der Waals surface area contributed by atoms with E-state index in [-0.39, 0.29) is 5.91 Å². The Labute approximate surface area is 140 Å². The number of allylic oxidation sites excluding steroid dienone is 4. The third kappa shape index (κ3) is 2.76. The fourth-order valence-corrected chi connectivity index (χ4v) is 4.95. The number of nitrogens with two attached hydrogens (primary N) is 1. The van der Waals surface area contributed by atoms with Crippen LogP contribution in [-0.4, -0.2) is 21.8 Å². The minimum absolute atomic E-state index is 0.292. The van der Waals surface area contributed by atoms with E-state index in [4.69, 9.17) is 10.5 Å². The van der Waals surface area contributed by atoms with Crippen LogP contribution in [-0.2, 0) is 0 Å². The molecule has 2 N–H and O–H groups in total. The SMILES string of the molecule is COc1ccc(C(N)=O)c(C2=C(C)C(C)=C(C)C2C)c1[Si](C)C. The minimum Gasteiger partial charge on any atom is -0.497 e. The summed E-state index contributed by atoms with van der Waals surface area (Å²) in [6, 6.07) is 3.68. The zero-order chi connectivity index (χ0) is 17.5. The highest BCUT2D eigenvalue weighted by atomic mass is 28.3. The van der Waals surface area contributed by atoms with Crippen molar-refractivity contribution in [2.75, 3.05) is 7.11 Å². The van der Waals surface area contributed by atoms with E-state index in [9.17, 15) is 4.79 Å². The number of methoxy groups -OCH3 is 1. The first-order valence-electron chi connectivity index (χ1n) is 7.92. The molecule has 0 spiro atoms. The molecule has 1 atom stereocenters. The molecule has 1 radical (unpaired) electrons. The molecule has 0 saturated carbocycles. The van der Waals surface area contributed by atoms with Crippen molar-refractivity contribution in [3.8, 4) is 5.75 Å². The van der Waals surface area contributed by atoms with Crippen LogP contribution in [0.1, 0.15) is 43.6 Å². The van der Waals surface area contributed by atoms with E-state index in [1.165, 1.54) is 22.3 Å². The van der Waals surface area contributed by atoms with Gasteiger partial charge in [0.1, 0.15) is 5.75 Å². The van der Waals surface area contributed by atoms with Crippen molar-refractivity contribution in [1.82, 2.24) is 0 Å². The van der Waals surface area contributed by atoms with Gasteiger partial charge >= 0.3 is 0 Å². The Balaban J connectivity index is 2.88. The van der Waals surface area contributed by atoms with Gasteiger partial charge in [-0.15, -0.1) is 0 Å². The summed E-state index contributed by atoms with van der Waals surface area (Å²) in [6.07, 6.45) is 0. The maximum atomic E-state index is 12.1. The lowest BCUT2D eigenvalue weighted by molar-refractivity contribution is 0.1000. The summed E-state index contributed by atoms with van der Waals surface area (Å²) in [5.41, 5.74) is 12.5. The second-order valence-corrected chi connectivity index (χ2v) is 9.00. The monoisotopic (exact) mass is 328 g/mol. The van der Waals surface area contributed by atoms with Gasteiger partial charge in [-0.3, -0.25) is 4.79 Å². The maximum Gasteiger partial charge on any atom is 0.249 e. The van der Waals surface area contributed by atoms with E-state index < -0.39 is 8.80 Å². The second kappa shape index (κ2) is 6.36. The molecule has 0 fully saturated rings. The number of carbonyl (C=O) groups is 1. The Kier molecular flexibility index (Phi) is 4.85. The van der Waals surface area contributed by atoms with Gasteiger partial charge in [0.15, 0.2) is 0 Å². The third-order valence-corrected chi connectivity index (χ3v) is 6.56. The summed E-state index contributed by atoms with van der Waals surface area (Å²) in [7, 11) is 0.844. The van der Waals surface area contributed by atoms with E-state index in [0.717, 1.165) is 16.5 Å². The fourth-order valence-electron chi connectivity index (χ4n) is 3.50. The highest BCUT2D eigenvalue weighted by molar-refractivity contribution is 6.72. The van der Waals surface area contributed by atoms with Gasteiger partial charge in [-0.1, -0.05) is 25.6 Å². The molecule has 1 aliphatic rings. The largest absolute Gasteiger partial charge is 0.497 e. The van der Waals surface area contributed by atoms with Gasteiger partial charge in [0, 0.05) is 11.5 Å². The van der Waals surface area contributed by atoms with Crippen molar-refractivity contribution in [2.24, 2.45) is 11.7 Å². The van der Waals surface area contributed by atoms with Crippen LogP contribution in [0.2, 0.25) is 13.1 Å². The Morgan fingerprint density at radius 1 is 1.17 bits per heavy atom. The second-order valence-electron chi connectivity index (χ2n) is 6.50. The van der Waals surface area contributed by atoms with Crippen molar-refractivity contribution in [2.45, 2.75) is 40.8 Å². The van der Waals surface area contributed by atoms with Gasteiger partial charge in [-0.2, -0.15) is 0 Å². The summed E-state index contributed by atoms with van der Waals surface area (Å²) in [5, 5.41) is 1.16. The number of rotatable bonds is 4. The standard InChI is InChI=1S/C19H26NO2Si/c1-10-11(2)13(4)16(12(10)3)17-14(19(20)21)8-9-15(22-5)18(17)23(6)7/h8-9,12H,1-7H3,(H2,20,21). The van der Waals surface area contributed by atoms with E-state index in [0.29, 0.717) is 11.5 Å². The number of ether oxygens (including phenoxy) is 1. The number of primary amides is 1. The molecule has 1 aromatic carbocycles. The molecule has 1 aliphatic carbocycles. The number of carbonyl (C=O) groups excluding carboxylic acids is 1. The third-order valence-electron chi connectivity index (χ3n) is 5.06. The Hall–Kier alpha value is -1.81. The first-order valence-corrected chi connectivity index (χ1v) is 10.4. The molecule has 123 valence electrons. The molecule has 0 heterocycles. The predicted octanol–water partition coefficient (Wildman–Crippen LogP) is 3.52. The van der Waals surface area contributed by atoms with E-state index in [1.54, 1.807) is 13.2 Å². The molecule has 1 aromatic rings. The molecular formula is C19H26NO2Si. The topological polar surface area (TPSA) is 52.3 Å². The maximum absolute atomic E-state index is 12.1. The smallest absolute Gasteiger partial charge is 0.249 e. The van der Waals surface area contributed by atoms with Crippen molar-refractivity contribution in [3.63, 3.8) is 0 Å². The molecule has 23 heavy (non-hydrogen) atoms. The molecule has 4 heteroatoms. The summed E-state index contributed by atoms with van der Waals surface area (Å²) in [6.45, 7) is 13.1. The van der Waals surface area contributed by atoms with Crippen LogP contribution in [0.4, 0.5) is 0 Å². The van der Waals surface area contributed by atoms with E-state index in [1.807, 2.05) is 6.07 Å². The minimum atomic E-state index is -0.842. The van der Waals surface area contributed by atoms with Gasteiger partial charge in [-0.25, -0.2) is 0 Å². The first kappa shape index (κ1) is 17.5. The Bertz CT molecular complexity index is 729. The normalized spacial score (nSPS) is 18.2. The fraction of sp³-hybridized carbons (Fsp3) is 0.421. The lowest BCUT2D eigenvalue weighted by Gasteiger charge is -2.23. The molecule has 3 nitrogen and oxygen atoms in total. The lowest BCUT2D eigenvalue weighted by Crippen LogP contribution is -2.32. The molecule has 0 aromatic heterocycles. The van der Waals surface area contributed by atoms with Gasteiger partial charge in [0.2, 0.25) is 5.91 Å². The molecule has 2 rings (SSSR count). The van der Waals surface area contributed by atoms with Gasteiger partial charge in [0.25, 0.3) is 0 Å². The molecule has 1 unspecified atom stereocenters. The van der Waals surface area contributed by atoms with Crippen LogP contribution in [0.3, 0.4) is 0 Å². The molecular weight excluding hydrogens is 302 g/mol. The highest BCUT2D eigenvalue weighted by Gasteiger charge is 2.31. The highest BCUT2D eigenvalue weighted by Crippen LogP contribution is 2.43. The van der Waals surface area contributed by atoms with Crippen molar-refractivity contribution < 1.29 is 9.53 Å².